The Morgan fingerprint density at radius 3 is 2.64 bits per heavy atom. The number of ketones is 1. The second kappa shape index (κ2) is 6.35. The molecule has 2 aromatic carbocycles. The summed E-state index contributed by atoms with van der Waals surface area (Å²) in [6.45, 7) is 1.21. The molecule has 1 heterocycles. The van der Waals surface area contributed by atoms with E-state index in [1.807, 2.05) is 0 Å². The van der Waals surface area contributed by atoms with Crippen LogP contribution < -0.4 is 15.5 Å². The number of Topliss-reactive ketones (excluding diaryl/α,β-unsaturated/α-hetero) is 1. The number of halogens is 2. The Bertz CT molecular complexity index is 1040. The minimum Gasteiger partial charge on any atom is -0.497 e. The molecule has 128 valence electrons. The maximum Gasteiger partial charge on any atom is 0.202 e. The van der Waals surface area contributed by atoms with Gasteiger partial charge in [-0.25, -0.2) is 8.78 Å². The minimum atomic E-state index is -0.920. The number of pyridine rings is 1. The predicted molar refractivity (Wildman–Crippen MR) is 90.8 cm³/mol. The summed E-state index contributed by atoms with van der Waals surface area (Å²) < 4.78 is 32.6. The van der Waals surface area contributed by atoms with E-state index in [2.05, 4.69) is 10.3 Å². The first-order valence-corrected chi connectivity index (χ1v) is 7.37. The highest BCUT2D eigenvalue weighted by Crippen LogP contribution is 2.25. The second-order valence-electron chi connectivity index (χ2n) is 5.43. The van der Waals surface area contributed by atoms with Crippen LogP contribution in [0.5, 0.6) is 5.75 Å². The number of H-pyrrole nitrogens is 1. The van der Waals surface area contributed by atoms with Crippen molar-refractivity contribution in [2.75, 3.05) is 12.4 Å². The molecule has 3 aromatic rings. The van der Waals surface area contributed by atoms with Crippen LogP contribution in [-0.2, 0) is 0 Å². The van der Waals surface area contributed by atoms with Crippen LogP contribution in [-0.4, -0.2) is 17.9 Å². The fraction of sp³-hybridized carbons (Fsp3) is 0.111. The van der Waals surface area contributed by atoms with Gasteiger partial charge in [0.2, 0.25) is 5.43 Å². The highest BCUT2D eigenvalue weighted by Gasteiger charge is 2.19. The summed E-state index contributed by atoms with van der Waals surface area (Å²) in [5.74, 6) is -1.75. The van der Waals surface area contributed by atoms with Crippen molar-refractivity contribution in [3.05, 3.63) is 63.8 Å². The minimum absolute atomic E-state index is 0.0313. The number of nitrogens with one attached hydrogen (secondary N) is 2. The number of hydrogen-bond acceptors (Lipinski definition) is 4. The number of ether oxygens (including phenoxy) is 1. The normalized spacial score (nSPS) is 10.7. The van der Waals surface area contributed by atoms with Crippen molar-refractivity contribution in [1.82, 2.24) is 4.98 Å². The number of rotatable bonds is 4. The number of anilines is 2. The Morgan fingerprint density at radius 1 is 1.20 bits per heavy atom. The third-order valence-electron chi connectivity index (χ3n) is 3.72. The van der Waals surface area contributed by atoms with Crippen LogP contribution in [0.4, 0.5) is 20.3 Å². The van der Waals surface area contributed by atoms with Crippen molar-refractivity contribution in [1.29, 1.82) is 0 Å². The zero-order valence-corrected chi connectivity index (χ0v) is 13.4. The number of methoxy groups -OCH3 is 1. The maximum atomic E-state index is 14.1. The van der Waals surface area contributed by atoms with Crippen LogP contribution in [0.15, 0.2) is 41.2 Å². The van der Waals surface area contributed by atoms with Crippen molar-refractivity contribution in [2.45, 2.75) is 6.92 Å². The molecule has 0 aliphatic carbocycles. The first-order chi connectivity index (χ1) is 11.9. The second-order valence-corrected chi connectivity index (χ2v) is 5.43. The summed E-state index contributed by atoms with van der Waals surface area (Å²) in [7, 11) is 1.50. The first-order valence-electron chi connectivity index (χ1n) is 7.37. The maximum absolute atomic E-state index is 14.1. The third kappa shape index (κ3) is 3.08. The quantitative estimate of drug-likeness (QED) is 0.707. The van der Waals surface area contributed by atoms with Crippen LogP contribution >= 0.6 is 0 Å². The summed E-state index contributed by atoms with van der Waals surface area (Å²) in [5, 5.41) is 2.66. The molecule has 0 saturated carbocycles. The largest absolute Gasteiger partial charge is 0.497 e. The van der Waals surface area contributed by atoms with E-state index in [0.717, 1.165) is 6.07 Å². The molecule has 0 unspecified atom stereocenters. The Morgan fingerprint density at radius 2 is 1.96 bits per heavy atom. The van der Waals surface area contributed by atoms with Crippen molar-refractivity contribution in [2.24, 2.45) is 0 Å². The van der Waals surface area contributed by atoms with Gasteiger partial charge >= 0.3 is 0 Å². The van der Waals surface area contributed by atoms with E-state index in [-0.39, 0.29) is 22.3 Å². The molecular formula is C18H14F2N2O3. The lowest BCUT2D eigenvalue weighted by atomic mass is 10.1. The van der Waals surface area contributed by atoms with Gasteiger partial charge in [0.25, 0.3) is 0 Å². The van der Waals surface area contributed by atoms with Crippen LogP contribution in [0.1, 0.15) is 17.3 Å². The SMILES string of the molecule is COc1cccc(Nc2[nH]c3c(F)cc(F)cc3c(=O)c2C(C)=O)c1. The molecule has 25 heavy (non-hydrogen) atoms. The smallest absolute Gasteiger partial charge is 0.202 e. The van der Waals surface area contributed by atoms with Crippen LogP contribution in [0.2, 0.25) is 0 Å². The van der Waals surface area contributed by atoms with E-state index < -0.39 is 22.8 Å². The molecule has 0 aliphatic rings. The molecule has 0 fully saturated rings. The topological polar surface area (TPSA) is 71.2 Å². The van der Waals surface area contributed by atoms with Gasteiger partial charge in [-0.3, -0.25) is 9.59 Å². The number of aromatic amines is 1. The highest BCUT2D eigenvalue weighted by atomic mass is 19.1. The fourth-order valence-corrected chi connectivity index (χ4v) is 2.59. The highest BCUT2D eigenvalue weighted by molar-refractivity contribution is 6.02. The lowest BCUT2D eigenvalue weighted by Crippen LogP contribution is -2.18. The zero-order valence-electron chi connectivity index (χ0n) is 13.4. The zero-order chi connectivity index (χ0) is 18.1. The summed E-state index contributed by atoms with van der Waals surface area (Å²) >= 11 is 0. The molecule has 0 bridgehead atoms. The number of carbonyl (C=O) groups is 1. The summed E-state index contributed by atoms with van der Waals surface area (Å²) in [6.07, 6.45) is 0. The molecule has 3 rings (SSSR count). The van der Waals surface area contributed by atoms with Gasteiger partial charge < -0.3 is 15.0 Å². The van der Waals surface area contributed by atoms with E-state index in [4.69, 9.17) is 4.74 Å². The molecule has 2 N–H and O–H groups in total. The molecule has 0 aliphatic heterocycles. The average molecular weight is 344 g/mol. The molecular weight excluding hydrogens is 330 g/mol. The van der Waals surface area contributed by atoms with E-state index in [0.29, 0.717) is 17.5 Å². The molecule has 0 atom stereocenters. The van der Waals surface area contributed by atoms with Gasteiger partial charge in [0, 0.05) is 17.8 Å². The molecule has 0 amide bonds. The predicted octanol–water partition coefficient (Wildman–Crippen LogP) is 3.76. The number of hydrogen-bond donors (Lipinski definition) is 2. The van der Waals surface area contributed by atoms with Gasteiger partial charge in [-0.15, -0.1) is 0 Å². The van der Waals surface area contributed by atoms with Gasteiger partial charge in [0.15, 0.2) is 5.78 Å². The van der Waals surface area contributed by atoms with Crippen LogP contribution in [0.3, 0.4) is 0 Å². The monoisotopic (exact) mass is 344 g/mol. The van der Waals surface area contributed by atoms with Gasteiger partial charge in [-0.1, -0.05) is 6.07 Å². The Labute approximate surface area is 141 Å². The Kier molecular flexibility index (Phi) is 4.22. The van der Waals surface area contributed by atoms with Crippen molar-refractivity contribution in [3.8, 4) is 5.75 Å². The van der Waals surface area contributed by atoms with Crippen molar-refractivity contribution in [3.63, 3.8) is 0 Å². The molecule has 0 radical (unpaired) electrons. The standard InChI is InChI=1S/C18H14F2N2O3/c1-9(23)15-17(24)13-6-10(19)7-14(20)16(13)22-18(15)21-11-4-3-5-12(8-11)25-2/h3-8H,1-2H3,(H2,21,22,24). The Balaban J connectivity index is 2.24. The lowest BCUT2D eigenvalue weighted by Gasteiger charge is -2.13. The summed E-state index contributed by atoms with van der Waals surface area (Å²) in [5.41, 5.74) is -0.605. The third-order valence-corrected chi connectivity index (χ3v) is 3.72. The van der Waals surface area contributed by atoms with Gasteiger partial charge in [-0.05, 0) is 25.1 Å². The van der Waals surface area contributed by atoms with Crippen molar-refractivity contribution >= 4 is 28.2 Å². The summed E-state index contributed by atoms with van der Waals surface area (Å²) in [6, 6.07) is 8.34. The lowest BCUT2D eigenvalue weighted by molar-refractivity contribution is 0.101. The van der Waals surface area contributed by atoms with Gasteiger partial charge in [0.05, 0.1) is 18.0 Å². The van der Waals surface area contributed by atoms with Gasteiger partial charge in [0.1, 0.15) is 28.8 Å². The van der Waals surface area contributed by atoms with E-state index in [9.17, 15) is 18.4 Å². The van der Waals surface area contributed by atoms with E-state index in [1.54, 1.807) is 24.3 Å². The fourth-order valence-electron chi connectivity index (χ4n) is 2.59. The molecule has 1 aromatic heterocycles. The average Bonchev–Trinajstić information content (AvgIpc) is 2.56. The molecule has 5 nitrogen and oxygen atoms in total. The molecule has 0 saturated heterocycles. The van der Waals surface area contributed by atoms with E-state index >= 15 is 0 Å². The van der Waals surface area contributed by atoms with Gasteiger partial charge in [-0.2, -0.15) is 0 Å². The number of benzene rings is 2. The first kappa shape index (κ1) is 16.6. The Hall–Kier alpha value is -3.22. The van der Waals surface area contributed by atoms with Crippen molar-refractivity contribution < 1.29 is 18.3 Å². The number of carbonyl (C=O) groups excluding carboxylic acids is 1. The van der Waals surface area contributed by atoms with Crippen LogP contribution in [0.25, 0.3) is 10.9 Å². The molecule has 7 heteroatoms. The van der Waals surface area contributed by atoms with Crippen LogP contribution in [0, 0.1) is 11.6 Å². The number of aromatic nitrogens is 1. The number of fused-ring (bicyclic) bond motifs is 1. The summed E-state index contributed by atoms with van der Waals surface area (Å²) in [4.78, 5) is 27.2. The van der Waals surface area contributed by atoms with E-state index in [1.165, 1.54) is 14.0 Å². The molecule has 0 spiro atoms.